The Balaban J connectivity index is 2.27. The second kappa shape index (κ2) is 5.91. The highest BCUT2D eigenvalue weighted by Crippen LogP contribution is 2.28. The highest BCUT2D eigenvalue weighted by Gasteiger charge is 2.15. The van der Waals surface area contributed by atoms with E-state index in [1.807, 2.05) is 6.92 Å². The number of aliphatic carboxylic acids is 1. The van der Waals surface area contributed by atoms with Crippen molar-refractivity contribution >= 4 is 23.2 Å². The van der Waals surface area contributed by atoms with Crippen LogP contribution in [0.4, 0.5) is 14.5 Å². The summed E-state index contributed by atoms with van der Waals surface area (Å²) in [4.78, 5) is 14.3. The maximum atomic E-state index is 12.5. The van der Waals surface area contributed by atoms with Crippen LogP contribution >= 0.6 is 11.5 Å². The van der Waals surface area contributed by atoms with E-state index >= 15 is 0 Å². The molecule has 1 aromatic carbocycles. The molecular formula is C12H11F2N3O2S. The minimum atomic E-state index is -2.70. The van der Waals surface area contributed by atoms with E-state index < -0.39 is 18.2 Å². The Labute approximate surface area is 117 Å². The first kappa shape index (κ1) is 14.3. The molecule has 106 valence electrons. The van der Waals surface area contributed by atoms with E-state index in [1.54, 1.807) is 18.2 Å². The number of anilines is 1. The van der Waals surface area contributed by atoms with Crippen molar-refractivity contribution < 1.29 is 18.7 Å². The SMILES string of the molecule is Cc1ccc(-c2nc(C(F)F)ns2)cc1NCC(=O)O. The van der Waals surface area contributed by atoms with Gasteiger partial charge >= 0.3 is 5.97 Å². The molecule has 0 atom stereocenters. The number of benzene rings is 1. The van der Waals surface area contributed by atoms with Crippen LogP contribution in [0.3, 0.4) is 0 Å². The van der Waals surface area contributed by atoms with Crippen LogP contribution in [-0.4, -0.2) is 27.0 Å². The fraction of sp³-hybridized carbons (Fsp3) is 0.250. The van der Waals surface area contributed by atoms with Crippen LogP contribution in [0, 0.1) is 6.92 Å². The molecule has 0 aliphatic heterocycles. The molecule has 1 aromatic heterocycles. The minimum absolute atomic E-state index is 0.220. The zero-order valence-corrected chi connectivity index (χ0v) is 11.2. The molecule has 0 aliphatic carbocycles. The van der Waals surface area contributed by atoms with E-state index in [-0.39, 0.29) is 6.54 Å². The summed E-state index contributed by atoms with van der Waals surface area (Å²) in [6.45, 7) is 1.60. The third-order valence-corrected chi connectivity index (χ3v) is 3.33. The molecule has 2 aromatic rings. The van der Waals surface area contributed by atoms with E-state index in [1.165, 1.54) is 0 Å². The minimum Gasteiger partial charge on any atom is -0.480 e. The van der Waals surface area contributed by atoms with Crippen LogP contribution in [0.1, 0.15) is 17.8 Å². The van der Waals surface area contributed by atoms with E-state index in [4.69, 9.17) is 5.11 Å². The second-order valence-corrected chi connectivity index (χ2v) is 4.79. The quantitative estimate of drug-likeness (QED) is 0.888. The highest BCUT2D eigenvalue weighted by molar-refractivity contribution is 7.09. The van der Waals surface area contributed by atoms with Crippen molar-refractivity contribution in [3.63, 3.8) is 0 Å². The number of aromatic nitrogens is 2. The number of carboxylic acid groups (broad SMARTS) is 1. The average Bonchev–Trinajstić information content (AvgIpc) is 2.87. The standard InChI is InChI=1S/C12H11F2N3O2S/c1-6-2-3-7(4-8(6)15-5-9(18)19)12-16-11(10(13)14)17-20-12/h2-4,10,15H,5H2,1H3,(H,18,19). The summed E-state index contributed by atoms with van der Waals surface area (Å²) in [7, 11) is 0. The number of nitrogens with zero attached hydrogens (tertiary/aromatic N) is 2. The van der Waals surface area contributed by atoms with Crippen molar-refractivity contribution in [1.82, 2.24) is 9.36 Å². The molecular weight excluding hydrogens is 288 g/mol. The number of halogens is 2. The van der Waals surface area contributed by atoms with Gasteiger partial charge in [0.1, 0.15) is 11.6 Å². The first-order chi connectivity index (χ1) is 9.47. The van der Waals surface area contributed by atoms with Gasteiger partial charge < -0.3 is 10.4 Å². The number of hydrogen-bond acceptors (Lipinski definition) is 5. The van der Waals surface area contributed by atoms with Crippen molar-refractivity contribution in [1.29, 1.82) is 0 Å². The van der Waals surface area contributed by atoms with Crippen LogP contribution in [0.25, 0.3) is 10.6 Å². The van der Waals surface area contributed by atoms with Gasteiger partial charge in [-0.1, -0.05) is 12.1 Å². The number of carboxylic acids is 1. The Bertz CT molecular complexity index is 631. The lowest BCUT2D eigenvalue weighted by atomic mass is 10.1. The van der Waals surface area contributed by atoms with Gasteiger partial charge in [-0.05, 0) is 30.1 Å². The monoisotopic (exact) mass is 299 g/mol. The van der Waals surface area contributed by atoms with Gasteiger partial charge in [0.2, 0.25) is 5.82 Å². The number of hydrogen-bond donors (Lipinski definition) is 2. The molecule has 0 radical (unpaired) electrons. The summed E-state index contributed by atoms with van der Waals surface area (Å²) < 4.78 is 28.5. The topological polar surface area (TPSA) is 75.1 Å². The molecule has 20 heavy (non-hydrogen) atoms. The third kappa shape index (κ3) is 3.27. The number of nitrogens with one attached hydrogen (secondary N) is 1. The van der Waals surface area contributed by atoms with E-state index in [2.05, 4.69) is 14.7 Å². The van der Waals surface area contributed by atoms with Crippen molar-refractivity contribution in [3.05, 3.63) is 29.6 Å². The van der Waals surface area contributed by atoms with Gasteiger partial charge in [0.15, 0.2) is 0 Å². The van der Waals surface area contributed by atoms with Crippen LogP contribution in [-0.2, 0) is 4.79 Å². The molecule has 0 bridgehead atoms. The van der Waals surface area contributed by atoms with Crippen molar-refractivity contribution in [3.8, 4) is 10.6 Å². The molecule has 5 nitrogen and oxygen atoms in total. The average molecular weight is 299 g/mol. The second-order valence-electron chi connectivity index (χ2n) is 4.04. The van der Waals surface area contributed by atoms with Crippen LogP contribution in [0.2, 0.25) is 0 Å². The number of rotatable bonds is 5. The fourth-order valence-corrected chi connectivity index (χ4v) is 2.22. The van der Waals surface area contributed by atoms with Crippen molar-refractivity contribution in [2.75, 3.05) is 11.9 Å². The Morgan fingerprint density at radius 3 is 2.85 bits per heavy atom. The van der Waals surface area contributed by atoms with Gasteiger partial charge in [-0.15, -0.1) is 0 Å². The molecule has 2 N–H and O–H groups in total. The van der Waals surface area contributed by atoms with Gasteiger partial charge in [-0.2, -0.15) is 4.37 Å². The largest absolute Gasteiger partial charge is 0.480 e. The Hall–Kier alpha value is -2.09. The lowest BCUT2D eigenvalue weighted by Gasteiger charge is -2.08. The van der Waals surface area contributed by atoms with Crippen molar-refractivity contribution in [2.24, 2.45) is 0 Å². The zero-order valence-electron chi connectivity index (χ0n) is 10.4. The fourth-order valence-electron chi connectivity index (χ4n) is 1.56. The van der Waals surface area contributed by atoms with Crippen LogP contribution < -0.4 is 5.32 Å². The predicted molar refractivity (Wildman–Crippen MR) is 71.2 cm³/mol. The van der Waals surface area contributed by atoms with Gasteiger partial charge in [-0.25, -0.2) is 13.8 Å². The Morgan fingerprint density at radius 2 is 2.25 bits per heavy atom. The lowest BCUT2D eigenvalue weighted by Crippen LogP contribution is -2.13. The molecule has 0 saturated heterocycles. The molecule has 0 amide bonds. The zero-order chi connectivity index (χ0) is 14.7. The van der Waals surface area contributed by atoms with Gasteiger partial charge in [-0.3, -0.25) is 4.79 Å². The maximum absolute atomic E-state index is 12.5. The van der Waals surface area contributed by atoms with E-state index in [0.717, 1.165) is 17.1 Å². The van der Waals surface area contributed by atoms with Gasteiger partial charge in [0.25, 0.3) is 6.43 Å². The first-order valence-electron chi connectivity index (χ1n) is 5.66. The Kier molecular flexibility index (Phi) is 4.23. The van der Waals surface area contributed by atoms with Gasteiger partial charge in [0.05, 0.1) is 0 Å². The van der Waals surface area contributed by atoms with Crippen LogP contribution in [0.15, 0.2) is 18.2 Å². The van der Waals surface area contributed by atoms with Crippen molar-refractivity contribution in [2.45, 2.75) is 13.3 Å². The molecule has 2 rings (SSSR count). The normalized spacial score (nSPS) is 10.8. The number of alkyl halides is 2. The smallest absolute Gasteiger partial charge is 0.322 e. The third-order valence-electron chi connectivity index (χ3n) is 2.55. The lowest BCUT2D eigenvalue weighted by molar-refractivity contribution is -0.134. The first-order valence-corrected chi connectivity index (χ1v) is 6.43. The van der Waals surface area contributed by atoms with E-state index in [0.29, 0.717) is 16.3 Å². The summed E-state index contributed by atoms with van der Waals surface area (Å²) in [6, 6.07) is 5.17. The maximum Gasteiger partial charge on any atom is 0.322 e. The van der Waals surface area contributed by atoms with E-state index in [9.17, 15) is 13.6 Å². The summed E-state index contributed by atoms with van der Waals surface area (Å²) in [5.41, 5.74) is 2.10. The molecule has 0 saturated carbocycles. The molecule has 0 unspecified atom stereocenters. The molecule has 0 fully saturated rings. The molecule has 0 spiro atoms. The molecule has 0 aliphatic rings. The summed E-state index contributed by atoms with van der Waals surface area (Å²) in [5.74, 6) is -1.48. The number of aryl methyl sites for hydroxylation is 1. The number of carbonyl (C=O) groups is 1. The highest BCUT2D eigenvalue weighted by atomic mass is 32.1. The summed E-state index contributed by atoms with van der Waals surface area (Å²) in [6.07, 6.45) is -2.70. The molecule has 8 heteroatoms. The van der Waals surface area contributed by atoms with Gasteiger partial charge in [0, 0.05) is 11.3 Å². The van der Waals surface area contributed by atoms with Crippen LogP contribution in [0.5, 0.6) is 0 Å². The predicted octanol–water partition coefficient (Wildman–Crippen LogP) is 2.95. The Morgan fingerprint density at radius 1 is 1.50 bits per heavy atom. The molecule has 1 heterocycles. The summed E-state index contributed by atoms with van der Waals surface area (Å²) >= 11 is 0.885. The summed E-state index contributed by atoms with van der Waals surface area (Å²) in [5, 5.41) is 11.8.